The summed E-state index contributed by atoms with van der Waals surface area (Å²) < 4.78 is 1.05. The van der Waals surface area contributed by atoms with Gasteiger partial charge in [0.1, 0.15) is 5.60 Å². The first-order valence-electron chi connectivity index (χ1n) is 4.77. The van der Waals surface area contributed by atoms with Gasteiger partial charge in [-0.2, -0.15) is 0 Å². The highest BCUT2D eigenvalue weighted by molar-refractivity contribution is 9.10. The van der Waals surface area contributed by atoms with Crippen LogP contribution in [0.5, 0.6) is 0 Å². The molecule has 14 heavy (non-hydrogen) atoms. The lowest BCUT2D eigenvalue weighted by atomic mass is 9.93. The van der Waals surface area contributed by atoms with Crippen LogP contribution in [0, 0.1) is 0 Å². The third-order valence-corrected chi connectivity index (χ3v) is 3.35. The van der Waals surface area contributed by atoms with Crippen LogP contribution in [0.2, 0.25) is 0 Å². The number of β-amino-alcohol motifs (C(OH)–C–C–N with tert-alkyl or cyclic N) is 1. The molecular weight excluding hydrogens is 242 g/mol. The van der Waals surface area contributed by atoms with Gasteiger partial charge in [-0.25, -0.2) is 0 Å². The summed E-state index contributed by atoms with van der Waals surface area (Å²) >= 11 is 3.39. The summed E-state index contributed by atoms with van der Waals surface area (Å²) in [5, 5.41) is 10.4. The van der Waals surface area contributed by atoms with Crippen LogP contribution >= 0.6 is 15.9 Å². The average molecular weight is 256 g/mol. The minimum Gasteiger partial charge on any atom is -0.384 e. The van der Waals surface area contributed by atoms with Crippen molar-refractivity contribution in [3.05, 3.63) is 34.3 Å². The van der Waals surface area contributed by atoms with E-state index in [-0.39, 0.29) is 0 Å². The van der Waals surface area contributed by atoms with Gasteiger partial charge in [-0.3, -0.25) is 0 Å². The molecule has 0 amide bonds. The minimum absolute atomic E-state index is 0.643. The first kappa shape index (κ1) is 10.1. The van der Waals surface area contributed by atoms with E-state index in [4.69, 9.17) is 0 Å². The van der Waals surface area contributed by atoms with Crippen molar-refractivity contribution >= 4 is 15.9 Å². The molecule has 1 N–H and O–H groups in total. The number of likely N-dealkylation sites (tertiary alicyclic amines) is 1. The van der Waals surface area contributed by atoms with E-state index in [1.165, 1.54) is 0 Å². The largest absolute Gasteiger partial charge is 0.384 e. The minimum atomic E-state index is -0.643. The van der Waals surface area contributed by atoms with Gasteiger partial charge in [0.2, 0.25) is 0 Å². The number of rotatable bonds is 1. The lowest BCUT2D eigenvalue weighted by Gasteiger charge is -2.22. The Bertz CT molecular complexity index is 325. The van der Waals surface area contributed by atoms with Crippen LogP contribution in [-0.4, -0.2) is 30.1 Å². The Balaban J connectivity index is 2.26. The fraction of sp³-hybridized carbons (Fsp3) is 0.455. The normalized spacial score (nSPS) is 28.2. The molecule has 76 valence electrons. The van der Waals surface area contributed by atoms with Crippen LogP contribution in [-0.2, 0) is 5.60 Å². The summed E-state index contributed by atoms with van der Waals surface area (Å²) in [5.74, 6) is 0. The molecule has 1 aromatic carbocycles. The molecule has 2 nitrogen and oxygen atoms in total. The van der Waals surface area contributed by atoms with E-state index < -0.39 is 5.60 Å². The maximum absolute atomic E-state index is 10.4. The SMILES string of the molecule is CN1CCC(O)(c2ccc(Br)cc2)C1. The molecule has 1 aromatic rings. The lowest BCUT2D eigenvalue weighted by molar-refractivity contribution is 0.0489. The second-order valence-electron chi connectivity index (χ2n) is 4.03. The summed E-state index contributed by atoms with van der Waals surface area (Å²) in [4.78, 5) is 2.15. The summed E-state index contributed by atoms with van der Waals surface area (Å²) in [6, 6.07) is 7.93. The van der Waals surface area contributed by atoms with Crippen molar-refractivity contribution in [2.45, 2.75) is 12.0 Å². The summed E-state index contributed by atoms with van der Waals surface area (Å²) in [6.45, 7) is 1.70. The van der Waals surface area contributed by atoms with Crippen LogP contribution < -0.4 is 0 Å². The van der Waals surface area contributed by atoms with E-state index >= 15 is 0 Å². The van der Waals surface area contributed by atoms with Crippen molar-refractivity contribution in [3.63, 3.8) is 0 Å². The predicted octanol–water partition coefficient (Wildman–Crippen LogP) is 1.97. The van der Waals surface area contributed by atoms with E-state index in [9.17, 15) is 5.11 Å². The van der Waals surface area contributed by atoms with Gasteiger partial charge in [0.05, 0.1) is 0 Å². The first-order valence-corrected chi connectivity index (χ1v) is 5.56. The number of hydrogen-bond donors (Lipinski definition) is 1. The topological polar surface area (TPSA) is 23.5 Å². The number of likely N-dealkylation sites (N-methyl/N-ethyl adjacent to an activating group) is 1. The molecule has 1 aliphatic heterocycles. The molecule has 3 heteroatoms. The molecule has 0 radical (unpaired) electrons. The smallest absolute Gasteiger partial charge is 0.103 e. The van der Waals surface area contributed by atoms with Gasteiger partial charge in [-0.1, -0.05) is 28.1 Å². The third-order valence-electron chi connectivity index (χ3n) is 2.82. The van der Waals surface area contributed by atoms with Crippen molar-refractivity contribution in [2.75, 3.05) is 20.1 Å². The summed E-state index contributed by atoms with van der Waals surface area (Å²) in [5.41, 5.74) is 0.375. The van der Waals surface area contributed by atoms with E-state index in [2.05, 4.69) is 20.8 Å². The molecule has 1 heterocycles. The zero-order chi connectivity index (χ0) is 10.2. The molecule has 1 saturated heterocycles. The molecule has 1 fully saturated rings. The Hall–Kier alpha value is -0.380. The molecule has 0 saturated carbocycles. The fourth-order valence-corrected chi connectivity index (χ4v) is 2.24. The Morgan fingerprint density at radius 1 is 1.36 bits per heavy atom. The van der Waals surface area contributed by atoms with Gasteiger partial charge in [-0.05, 0) is 31.2 Å². The summed E-state index contributed by atoms with van der Waals surface area (Å²) in [7, 11) is 2.04. The summed E-state index contributed by atoms with van der Waals surface area (Å²) in [6.07, 6.45) is 0.825. The molecule has 1 aliphatic rings. The van der Waals surface area contributed by atoms with Gasteiger partial charge in [0, 0.05) is 17.6 Å². The van der Waals surface area contributed by atoms with Gasteiger partial charge < -0.3 is 10.0 Å². The number of halogens is 1. The fourth-order valence-electron chi connectivity index (χ4n) is 1.98. The molecule has 0 bridgehead atoms. The third kappa shape index (κ3) is 1.85. The monoisotopic (exact) mass is 255 g/mol. The molecule has 0 spiro atoms. The Morgan fingerprint density at radius 2 is 2.00 bits per heavy atom. The molecule has 1 atom stereocenters. The van der Waals surface area contributed by atoms with Crippen LogP contribution in [0.15, 0.2) is 28.7 Å². The second-order valence-corrected chi connectivity index (χ2v) is 4.94. The quantitative estimate of drug-likeness (QED) is 0.830. The van der Waals surface area contributed by atoms with Crippen molar-refractivity contribution in [1.82, 2.24) is 4.90 Å². The van der Waals surface area contributed by atoms with E-state index in [0.717, 1.165) is 29.5 Å². The Morgan fingerprint density at radius 3 is 2.50 bits per heavy atom. The highest BCUT2D eigenvalue weighted by atomic mass is 79.9. The average Bonchev–Trinajstić information content (AvgIpc) is 2.48. The molecule has 1 unspecified atom stereocenters. The van der Waals surface area contributed by atoms with E-state index in [1.807, 2.05) is 31.3 Å². The number of nitrogens with zero attached hydrogens (tertiary/aromatic N) is 1. The molecule has 2 rings (SSSR count). The van der Waals surface area contributed by atoms with Crippen LogP contribution in [0.1, 0.15) is 12.0 Å². The van der Waals surface area contributed by atoms with E-state index in [1.54, 1.807) is 0 Å². The van der Waals surface area contributed by atoms with Gasteiger partial charge in [0.25, 0.3) is 0 Å². The van der Waals surface area contributed by atoms with Gasteiger partial charge in [-0.15, -0.1) is 0 Å². The highest BCUT2D eigenvalue weighted by Gasteiger charge is 2.35. The molecule has 0 aromatic heterocycles. The van der Waals surface area contributed by atoms with Gasteiger partial charge in [0.15, 0.2) is 0 Å². The van der Waals surface area contributed by atoms with Crippen molar-refractivity contribution < 1.29 is 5.11 Å². The standard InChI is InChI=1S/C11H14BrNO/c1-13-7-6-11(14,8-13)9-2-4-10(12)5-3-9/h2-5,14H,6-8H2,1H3. The zero-order valence-electron chi connectivity index (χ0n) is 8.20. The van der Waals surface area contributed by atoms with Crippen molar-refractivity contribution in [3.8, 4) is 0 Å². The number of hydrogen-bond acceptors (Lipinski definition) is 2. The van der Waals surface area contributed by atoms with Crippen LogP contribution in [0.4, 0.5) is 0 Å². The van der Waals surface area contributed by atoms with E-state index in [0.29, 0.717) is 0 Å². The molecule has 0 aliphatic carbocycles. The predicted molar refractivity (Wildman–Crippen MR) is 60.2 cm³/mol. The first-order chi connectivity index (χ1) is 6.60. The maximum Gasteiger partial charge on any atom is 0.103 e. The Kier molecular flexibility index (Phi) is 2.64. The number of aliphatic hydroxyl groups is 1. The second kappa shape index (κ2) is 3.65. The van der Waals surface area contributed by atoms with Gasteiger partial charge >= 0.3 is 0 Å². The van der Waals surface area contributed by atoms with Crippen LogP contribution in [0.3, 0.4) is 0 Å². The maximum atomic E-state index is 10.4. The van der Waals surface area contributed by atoms with Crippen molar-refractivity contribution in [1.29, 1.82) is 0 Å². The number of benzene rings is 1. The highest BCUT2D eigenvalue weighted by Crippen LogP contribution is 2.31. The lowest BCUT2D eigenvalue weighted by Crippen LogP contribution is -2.28. The Labute approximate surface area is 92.7 Å². The van der Waals surface area contributed by atoms with Crippen molar-refractivity contribution in [2.24, 2.45) is 0 Å². The van der Waals surface area contributed by atoms with Crippen LogP contribution in [0.25, 0.3) is 0 Å². The zero-order valence-corrected chi connectivity index (χ0v) is 9.79. The molecular formula is C11H14BrNO.